The standard InChI is InChI=1S/C13H10N2O3/c1-9-5-6-10(8-12(9)15(17)18)13(16)11-4-2-3-7-14-11/h2-8H,1H3. The zero-order valence-corrected chi connectivity index (χ0v) is 9.66. The monoisotopic (exact) mass is 242 g/mol. The number of carbonyl (C=O) groups excluding carboxylic acids is 1. The first-order chi connectivity index (χ1) is 8.59. The normalized spacial score (nSPS) is 10.1. The Morgan fingerprint density at radius 1 is 1.28 bits per heavy atom. The SMILES string of the molecule is Cc1ccc(C(=O)c2ccccn2)cc1[N+](=O)[O-]. The molecule has 90 valence electrons. The molecule has 18 heavy (non-hydrogen) atoms. The van der Waals surface area contributed by atoms with E-state index in [-0.39, 0.29) is 22.7 Å². The van der Waals surface area contributed by atoms with E-state index < -0.39 is 4.92 Å². The molecule has 0 atom stereocenters. The molecule has 2 aromatic rings. The predicted molar refractivity (Wildman–Crippen MR) is 65.5 cm³/mol. The number of aromatic nitrogens is 1. The summed E-state index contributed by atoms with van der Waals surface area (Å²) in [6, 6.07) is 9.39. The molecule has 0 aliphatic heterocycles. The van der Waals surface area contributed by atoms with Crippen LogP contribution >= 0.6 is 0 Å². The maximum atomic E-state index is 12.0. The van der Waals surface area contributed by atoms with Gasteiger partial charge in [0.05, 0.1) is 4.92 Å². The van der Waals surface area contributed by atoms with Crippen LogP contribution < -0.4 is 0 Å². The zero-order valence-electron chi connectivity index (χ0n) is 9.66. The minimum absolute atomic E-state index is 0.0585. The Morgan fingerprint density at radius 3 is 2.67 bits per heavy atom. The summed E-state index contributed by atoms with van der Waals surface area (Å²) in [5.41, 5.74) is 1.01. The first-order valence-electron chi connectivity index (χ1n) is 5.30. The summed E-state index contributed by atoms with van der Waals surface area (Å²) >= 11 is 0. The molecule has 0 unspecified atom stereocenters. The first-order valence-corrected chi connectivity index (χ1v) is 5.30. The van der Waals surface area contributed by atoms with Crippen molar-refractivity contribution in [2.45, 2.75) is 6.92 Å². The minimum atomic E-state index is -0.496. The molecule has 2 rings (SSSR count). The van der Waals surface area contributed by atoms with Crippen molar-refractivity contribution < 1.29 is 9.72 Å². The van der Waals surface area contributed by atoms with Crippen LogP contribution in [0.5, 0.6) is 0 Å². The Hall–Kier alpha value is -2.56. The molecule has 0 aliphatic rings. The highest BCUT2D eigenvalue weighted by Crippen LogP contribution is 2.20. The van der Waals surface area contributed by atoms with Crippen LogP contribution in [0.4, 0.5) is 5.69 Å². The summed E-state index contributed by atoms with van der Waals surface area (Å²) in [6.45, 7) is 1.63. The molecule has 5 nitrogen and oxygen atoms in total. The number of pyridine rings is 1. The first kappa shape index (κ1) is 11.9. The van der Waals surface area contributed by atoms with Gasteiger partial charge < -0.3 is 0 Å². The number of nitrogens with zero attached hydrogens (tertiary/aromatic N) is 2. The summed E-state index contributed by atoms with van der Waals surface area (Å²) in [6.07, 6.45) is 1.51. The Morgan fingerprint density at radius 2 is 2.06 bits per heavy atom. The fourth-order valence-electron chi connectivity index (χ4n) is 1.59. The molecule has 5 heteroatoms. The highest BCUT2D eigenvalue weighted by molar-refractivity contribution is 6.08. The predicted octanol–water partition coefficient (Wildman–Crippen LogP) is 2.53. The van der Waals surface area contributed by atoms with Gasteiger partial charge in [0.1, 0.15) is 5.69 Å². The van der Waals surface area contributed by atoms with E-state index in [4.69, 9.17) is 0 Å². The summed E-state index contributed by atoms with van der Waals surface area (Å²) in [5, 5.41) is 10.8. The van der Waals surface area contributed by atoms with Gasteiger partial charge in [-0.3, -0.25) is 19.9 Å². The zero-order chi connectivity index (χ0) is 13.1. The lowest BCUT2D eigenvalue weighted by Crippen LogP contribution is -2.04. The number of nitro groups is 1. The molecule has 0 radical (unpaired) electrons. The molecule has 1 aromatic heterocycles. The lowest BCUT2D eigenvalue weighted by Gasteiger charge is -2.02. The minimum Gasteiger partial charge on any atom is -0.287 e. The van der Waals surface area contributed by atoms with Gasteiger partial charge in [-0.2, -0.15) is 0 Å². The van der Waals surface area contributed by atoms with Crippen LogP contribution in [-0.2, 0) is 0 Å². The molecular formula is C13H10N2O3. The molecule has 1 heterocycles. The van der Waals surface area contributed by atoms with Crippen LogP contribution in [0.25, 0.3) is 0 Å². The summed E-state index contributed by atoms with van der Waals surface area (Å²) in [5.74, 6) is -0.321. The average Bonchev–Trinajstić information content (AvgIpc) is 2.39. The lowest BCUT2D eigenvalue weighted by molar-refractivity contribution is -0.385. The van der Waals surface area contributed by atoms with Crippen LogP contribution in [0.15, 0.2) is 42.6 Å². The third-order valence-electron chi connectivity index (χ3n) is 2.57. The topological polar surface area (TPSA) is 73.1 Å². The molecule has 0 N–H and O–H groups in total. The van der Waals surface area contributed by atoms with E-state index in [1.165, 1.54) is 12.3 Å². The van der Waals surface area contributed by atoms with Gasteiger partial charge >= 0.3 is 0 Å². The van der Waals surface area contributed by atoms with Crippen molar-refractivity contribution in [1.29, 1.82) is 0 Å². The highest BCUT2D eigenvalue weighted by atomic mass is 16.6. The average molecular weight is 242 g/mol. The van der Waals surface area contributed by atoms with Crippen LogP contribution in [0.1, 0.15) is 21.6 Å². The van der Waals surface area contributed by atoms with Crippen LogP contribution in [-0.4, -0.2) is 15.7 Å². The number of hydrogen-bond acceptors (Lipinski definition) is 4. The third kappa shape index (κ3) is 2.24. The fraction of sp³-hybridized carbons (Fsp3) is 0.0769. The van der Waals surface area contributed by atoms with E-state index in [0.717, 1.165) is 0 Å². The third-order valence-corrected chi connectivity index (χ3v) is 2.57. The maximum absolute atomic E-state index is 12.0. The van der Waals surface area contributed by atoms with Crippen LogP contribution in [0.3, 0.4) is 0 Å². The van der Waals surface area contributed by atoms with Gasteiger partial charge in [0.15, 0.2) is 0 Å². The Kier molecular flexibility index (Phi) is 3.14. The van der Waals surface area contributed by atoms with Crippen molar-refractivity contribution in [2.24, 2.45) is 0 Å². The van der Waals surface area contributed by atoms with E-state index in [2.05, 4.69) is 4.98 Å². The summed E-state index contributed by atoms with van der Waals surface area (Å²) in [7, 11) is 0. The van der Waals surface area contributed by atoms with Gasteiger partial charge in [0, 0.05) is 23.4 Å². The largest absolute Gasteiger partial charge is 0.287 e. The highest BCUT2D eigenvalue weighted by Gasteiger charge is 2.16. The van der Waals surface area contributed by atoms with Crippen LogP contribution in [0, 0.1) is 17.0 Å². The van der Waals surface area contributed by atoms with Gasteiger partial charge in [-0.05, 0) is 19.1 Å². The van der Waals surface area contributed by atoms with Crippen molar-refractivity contribution in [3.05, 3.63) is 69.5 Å². The van der Waals surface area contributed by atoms with Gasteiger partial charge in [0.2, 0.25) is 5.78 Å². The molecule has 0 spiro atoms. The van der Waals surface area contributed by atoms with E-state index in [0.29, 0.717) is 5.56 Å². The van der Waals surface area contributed by atoms with E-state index >= 15 is 0 Å². The molecule has 0 bridgehead atoms. The van der Waals surface area contributed by atoms with Gasteiger partial charge in [0.25, 0.3) is 5.69 Å². The number of nitro benzene ring substituents is 1. The van der Waals surface area contributed by atoms with Crippen molar-refractivity contribution in [1.82, 2.24) is 4.98 Å². The number of ketones is 1. The van der Waals surface area contributed by atoms with Crippen molar-refractivity contribution in [3.63, 3.8) is 0 Å². The van der Waals surface area contributed by atoms with Crippen molar-refractivity contribution in [2.75, 3.05) is 0 Å². The molecule has 1 aromatic carbocycles. The summed E-state index contributed by atoms with van der Waals surface area (Å²) < 4.78 is 0. The second-order valence-electron chi connectivity index (χ2n) is 3.80. The molecule has 0 saturated carbocycles. The second-order valence-corrected chi connectivity index (χ2v) is 3.80. The van der Waals surface area contributed by atoms with E-state index in [1.54, 1.807) is 37.3 Å². The number of aryl methyl sites for hydroxylation is 1. The smallest absolute Gasteiger partial charge is 0.273 e. The maximum Gasteiger partial charge on any atom is 0.273 e. The molecule has 0 fully saturated rings. The van der Waals surface area contributed by atoms with Crippen LogP contribution in [0.2, 0.25) is 0 Å². The quantitative estimate of drug-likeness (QED) is 0.471. The number of rotatable bonds is 3. The fourth-order valence-corrected chi connectivity index (χ4v) is 1.59. The summed E-state index contributed by atoms with van der Waals surface area (Å²) in [4.78, 5) is 26.3. The van der Waals surface area contributed by atoms with Gasteiger partial charge in [-0.25, -0.2) is 0 Å². The number of carbonyl (C=O) groups is 1. The number of benzene rings is 1. The van der Waals surface area contributed by atoms with E-state index in [9.17, 15) is 14.9 Å². The molecule has 0 aliphatic carbocycles. The van der Waals surface area contributed by atoms with Crippen molar-refractivity contribution >= 4 is 11.5 Å². The van der Waals surface area contributed by atoms with E-state index in [1.807, 2.05) is 0 Å². The van der Waals surface area contributed by atoms with Crippen molar-refractivity contribution in [3.8, 4) is 0 Å². The molecule has 0 saturated heterocycles. The second kappa shape index (κ2) is 4.75. The van der Waals surface area contributed by atoms with Gasteiger partial charge in [-0.15, -0.1) is 0 Å². The molecular weight excluding hydrogens is 232 g/mol. The lowest BCUT2D eigenvalue weighted by atomic mass is 10.0. The Bertz CT molecular complexity index is 609. The Labute approximate surface area is 103 Å². The molecule has 0 amide bonds. The number of hydrogen-bond donors (Lipinski definition) is 0. The Balaban J connectivity index is 2.44. The van der Waals surface area contributed by atoms with Gasteiger partial charge in [-0.1, -0.05) is 18.2 Å².